The van der Waals surface area contributed by atoms with Crippen LogP contribution in [0, 0.1) is 0 Å². The van der Waals surface area contributed by atoms with Crippen molar-refractivity contribution in [2.45, 2.75) is 25.0 Å². The summed E-state index contributed by atoms with van der Waals surface area (Å²) in [5.74, 6) is 0.0555. The first-order valence-corrected chi connectivity index (χ1v) is 8.36. The van der Waals surface area contributed by atoms with Crippen LogP contribution < -0.4 is 0 Å². The number of pyridine rings is 1. The van der Waals surface area contributed by atoms with Gasteiger partial charge in [-0.3, -0.25) is 9.78 Å². The standard InChI is InChI=1S/C20H20N2O2/c23-19(8-7-16-4-3-11-21-14-16)22-12-9-20(10-13-22)18-6-2-1-5-17(18)15-24-20/h1-8,11,14H,9-10,12-13,15H2. The maximum atomic E-state index is 12.4. The molecule has 0 atom stereocenters. The van der Waals surface area contributed by atoms with E-state index in [0.29, 0.717) is 6.61 Å². The second-order valence-corrected chi connectivity index (χ2v) is 6.39. The molecule has 1 aromatic heterocycles. The Bertz CT molecular complexity index is 762. The van der Waals surface area contributed by atoms with E-state index < -0.39 is 0 Å². The maximum Gasteiger partial charge on any atom is 0.246 e. The van der Waals surface area contributed by atoms with E-state index in [2.05, 4.69) is 29.2 Å². The average molecular weight is 320 g/mol. The number of fused-ring (bicyclic) bond motifs is 2. The molecule has 3 heterocycles. The zero-order valence-electron chi connectivity index (χ0n) is 13.5. The number of ether oxygens (including phenoxy) is 1. The highest BCUT2D eigenvalue weighted by Gasteiger charge is 2.42. The number of piperidine rings is 1. The van der Waals surface area contributed by atoms with Crippen molar-refractivity contribution < 1.29 is 9.53 Å². The summed E-state index contributed by atoms with van der Waals surface area (Å²) in [5.41, 5.74) is 3.34. The number of aromatic nitrogens is 1. The predicted octanol–water partition coefficient (Wildman–Crippen LogP) is 3.14. The van der Waals surface area contributed by atoms with Gasteiger partial charge in [-0.25, -0.2) is 0 Å². The monoisotopic (exact) mass is 320 g/mol. The number of rotatable bonds is 2. The first-order chi connectivity index (χ1) is 11.8. The number of likely N-dealkylation sites (tertiary alicyclic amines) is 1. The predicted molar refractivity (Wildman–Crippen MR) is 92.0 cm³/mol. The van der Waals surface area contributed by atoms with Crippen LogP contribution >= 0.6 is 0 Å². The van der Waals surface area contributed by atoms with Gasteiger partial charge in [-0.05, 0) is 41.7 Å². The minimum absolute atomic E-state index is 0.0555. The Labute approximate surface area is 141 Å². The molecule has 1 spiro atoms. The number of carbonyl (C=O) groups excluding carboxylic acids is 1. The molecule has 4 rings (SSSR count). The van der Waals surface area contributed by atoms with Gasteiger partial charge in [0.25, 0.3) is 0 Å². The molecule has 0 N–H and O–H groups in total. The lowest BCUT2D eigenvalue weighted by Gasteiger charge is -2.39. The van der Waals surface area contributed by atoms with Crippen LogP contribution in [0.3, 0.4) is 0 Å². The third kappa shape index (κ3) is 2.74. The van der Waals surface area contributed by atoms with Crippen molar-refractivity contribution in [1.29, 1.82) is 0 Å². The summed E-state index contributed by atoms with van der Waals surface area (Å²) in [4.78, 5) is 18.4. The number of hydrogen-bond donors (Lipinski definition) is 0. The Balaban J connectivity index is 1.42. The molecular weight excluding hydrogens is 300 g/mol. The Morgan fingerprint density at radius 2 is 2.00 bits per heavy atom. The van der Waals surface area contributed by atoms with Gasteiger partial charge in [0.05, 0.1) is 12.2 Å². The average Bonchev–Trinajstić information content (AvgIpc) is 3.00. The van der Waals surface area contributed by atoms with Gasteiger partial charge in [0.15, 0.2) is 0 Å². The summed E-state index contributed by atoms with van der Waals surface area (Å²) in [6, 6.07) is 12.2. The molecule has 24 heavy (non-hydrogen) atoms. The van der Waals surface area contributed by atoms with Crippen LogP contribution in [0.5, 0.6) is 0 Å². The van der Waals surface area contributed by atoms with Gasteiger partial charge < -0.3 is 9.64 Å². The highest BCUT2D eigenvalue weighted by molar-refractivity contribution is 5.91. The van der Waals surface area contributed by atoms with E-state index in [9.17, 15) is 4.79 Å². The van der Waals surface area contributed by atoms with Crippen LogP contribution in [0.1, 0.15) is 29.5 Å². The fourth-order valence-corrected chi connectivity index (χ4v) is 3.63. The van der Waals surface area contributed by atoms with Crippen molar-refractivity contribution in [3.8, 4) is 0 Å². The molecular formula is C20H20N2O2. The van der Waals surface area contributed by atoms with Crippen LogP contribution in [0.25, 0.3) is 6.08 Å². The zero-order valence-corrected chi connectivity index (χ0v) is 13.5. The van der Waals surface area contributed by atoms with Crippen LogP contribution in [0.2, 0.25) is 0 Å². The van der Waals surface area contributed by atoms with Crippen LogP contribution in [-0.2, 0) is 21.7 Å². The Morgan fingerprint density at radius 1 is 1.17 bits per heavy atom. The summed E-state index contributed by atoms with van der Waals surface area (Å²) in [6.45, 7) is 2.14. The van der Waals surface area contributed by atoms with Gasteiger partial charge in [0, 0.05) is 31.6 Å². The van der Waals surface area contributed by atoms with E-state index in [0.717, 1.165) is 31.5 Å². The summed E-state index contributed by atoms with van der Waals surface area (Å²) in [6.07, 6.45) is 8.65. The van der Waals surface area contributed by atoms with E-state index >= 15 is 0 Å². The molecule has 2 aliphatic heterocycles. The fraction of sp³-hybridized carbons (Fsp3) is 0.300. The van der Waals surface area contributed by atoms with Crippen molar-refractivity contribution in [3.05, 3.63) is 71.6 Å². The summed E-state index contributed by atoms with van der Waals surface area (Å²) < 4.78 is 6.14. The van der Waals surface area contributed by atoms with Crippen LogP contribution in [0.4, 0.5) is 0 Å². The summed E-state index contributed by atoms with van der Waals surface area (Å²) >= 11 is 0. The molecule has 0 radical (unpaired) electrons. The first kappa shape index (κ1) is 15.1. The number of amides is 1. The summed E-state index contributed by atoms with van der Waals surface area (Å²) in [7, 11) is 0. The second kappa shape index (κ2) is 6.21. The molecule has 0 bridgehead atoms. The topological polar surface area (TPSA) is 42.4 Å². The highest BCUT2D eigenvalue weighted by Crippen LogP contribution is 2.43. The Morgan fingerprint density at radius 3 is 2.79 bits per heavy atom. The van der Waals surface area contributed by atoms with Crippen molar-refractivity contribution >= 4 is 12.0 Å². The van der Waals surface area contributed by atoms with Crippen molar-refractivity contribution in [3.63, 3.8) is 0 Å². The second-order valence-electron chi connectivity index (χ2n) is 6.39. The molecule has 122 valence electrons. The van der Waals surface area contributed by atoms with Gasteiger partial charge >= 0.3 is 0 Å². The van der Waals surface area contributed by atoms with Crippen LogP contribution in [-0.4, -0.2) is 28.9 Å². The molecule has 4 heteroatoms. The molecule has 0 unspecified atom stereocenters. The van der Waals surface area contributed by atoms with Gasteiger partial charge in [-0.15, -0.1) is 0 Å². The molecule has 1 fully saturated rings. The largest absolute Gasteiger partial charge is 0.365 e. The fourth-order valence-electron chi connectivity index (χ4n) is 3.63. The molecule has 1 aromatic carbocycles. The molecule has 1 amide bonds. The first-order valence-electron chi connectivity index (χ1n) is 8.36. The normalized spacial score (nSPS) is 18.9. The minimum atomic E-state index is -0.194. The van der Waals surface area contributed by atoms with Crippen molar-refractivity contribution in [2.75, 3.05) is 13.1 Å². The third-order valence-electron chi connectivity index (χ3n) is 5.00. The van der Waals surface area contributed by atoms with Gasteiger partial charge in [0.2, 0.25) is 5.91 Å². The Kier molecular flexibility index (Phi) is 3.90. The number of hydrogen-bond acceptors (Lipinski definition) is 3. The molecule has 4 nitrogen and oxygen atoms in total. The van der Waals surface area contributed by atoms with Gasteiger partial charge in [0.1, 0.15) is 0 Å². The summed E-state index contributed by atoms with van der Waals surface area (Å²) in [5, 5.41) is 0. The highest BCUT2D eigenvalue weighted by atomic mass is 16.5. The van der Waals surface area contributed by atoms with E-state index in [1.54, 1.807) is 18.5 Å². The van der Waals surface area contributed by atoms with E-state index in [1.165, 1.54) is 11.1 Å². The van der Waals surface area contributed by atoms with E-state index in [1.807, 2.05) is 23.1 Å². The van der Waals surface area contributed by atoms with Crippen LogP contribution in [0.15, 0.2) is 54.9 Å². The number of nitrogens with zero attached hydrogens (tertiary/aromatic N) is 2. The molecule has 2 aromatic rings. The lowest BCUT2D eigenvalue weighted by molar-refractivity contribution is -0.133. The lowest BCUT2D eigenvalue weighted by Crippen LogP contribution is -2.44. The SMILES string of the molecule is O=C(C=Cc1cccnc1)N1CCC2(CC1)OCc1ccccc12. The van der Waals surface area contributed by atoms with E-state index in [-0.39, 0.29) is 11.5 Å². The third-order valence-corrected chi connectivity index (χ3v) is 5.00. The minimum Gasteiger partial charge on any atom is -0.365 e. The molecule has 0 saturated carbocycles. The number of benzene rings is 1. The van der Waals surface area contributed by atoms with Crippen molar-refractivity contribution in [2.24, 2.45) is 0 Å². The number of carbonyl (C=O) groups is 1. The quantitative estimate of drug-likeness (QED) is 0.798. The lowest BCUT2D eigenvalue weighted by atomic mass is 9.84. The van der Waals surface area contributed by atoms with Gasteiger partial charge in [-0.1, -0.05) is 30.3 Å². The van der Waals surface area contributed by atoms with Crippen molar-refractivity contribution in [1.82, 2.24) is 9.88 Å². The maximum absolute atomic E-state index is 12.4. The molecule has 1 saturated heterocycles. The Hall–Kier alpha value is -2.46. The van der Waals surface area contributed by atoms with Gasteiger partial charge in [-0.2, -0.15) is 0 Å². The van der Waals surface area contributed by atoms with E-state index in [4.69, 9.17) is 4.74 Å². The zero-order chi connectivity index (χ0) is 16.4. The molecule has 2 aliphatic rings. The smallest absolute Gasteiger partial charge is 0.246 e. The molecule has 0 aliphatic carbocycles.